The first kappa shape index (κ1) is 17.4. The van der Waals surface area contributed by atoms with Gasteiger partial charge in [0.15, 0.2) is 0 Å². The van der Waals surface area contributed by atoms with Gasteiger partial charge in [0.05, 0.1) is 7.11 Å². The third-order valence-corrected chi connectivity index (χ3v) is 3.96. The molecular formula is C15H21NO4S. The van der Waals surface area contributed by atoms with Gasteiger partial charge in [-0.1, -0.05) is 30.3 Å². The van der Waals surface area contributed by atoms with Crippen molar-refractivity contribution in [2.24, 2.45) is 0 Å². The van der Waals surface area contributed by atoms with Gasteiger partial charge in [-0.15, -0.1) is 0 Å². The van der Waals surface area contributed by atoms with Gasteiger partial charge in [0, 0.05) is 0 Å². The first-order chi connectivity index (χ1) is 10.0. The van der Waals surface area contributed by atoms with Crippen LogP contribution in [-0.2, 0) is 16.0 Å². The van der Waals surface area contributed by atoms with E-state index in [4.69, 9.17) is 0 Å². The molecule has 0 bridgehead atoms. The monoisotopic (exact) mass is 311 g/mol. The zero-order chi connectivity index (χ0) is 15.7. The zero-order valence-electron chi connectivity index (χ0n) is 12.3. The van der Waals surface area contributed by atoms with E-state index in [2.05, 4.69) is 10.1 Å². The number of amides is 1. The molecule has 1 amide bonds. The molecule has 0 aliphatic carbocycles. The molecule has 0 spiro atoms. The third-order valence-electron chi connectivity index (χ3n) is 3.35. The minimum absolute atomic E-state index is 0.321. The van der Waals surface area contributed by atoms with E-state index in [1.165, 1.54) is 7.11 Å². The quantitative estimate of drug-likeness (QED) is 0.771. The largest absolute Gasteiger partial charge is 0.480 e. The fraction of sp³-hybridized carbons (Fsp3) is 0.467. The summed E-state index contributed by atoms with van der Waals surface area (Å²) in [7, 11) is 1.23. The lowest BCUT2D eigenvalue weighted by molar-refractivity contribution is -0.145. The van der Waals surface area contributed by atoms with Crippen LogP contribution < -0.4 is 5.32 Å². The smallest absolute Gasteiger partial charge is 0.407 e. The molecule has 1 aromatic carbocycles. The minimum Gasteiger partial charge on any atom is -0.480 e. The van der Waals surface area contributed by atoms with Crippen molar-refractivity contribution in [1.29, 1.82) is 0 Å². The number of thioether (sulfide) groups is 1. The number of hydrogen-bond acceptors (Lipinski definition) is 4. The first-order valence-corrected chi connectivity index (χ1v) is 8.06. The predicted octanol–water partition coefficient (Wildman–Crippen LogP) is 2.55. The van der Waals surface area contributed by atoms with Crippen molar-refractivity contribution in [3.05, 3.63) is 35.9 Å². The second-order valence-corrected chi connectivity index (χ2v) is 5.72. The Kier molecular flexibility index (Phi) is 7.08. The summed E-state index contributed by atoms with van der Waals surface area (Å²) in [5.74, 6) is -0.386. The molecule has 0 saturated heterocycles. The second-order valence-electron chi connectivity index (χ2n) is 4.73. The van der Waals surface area contributed by atoms with Crippen LogP contribution in [0.1, 0.15) is 18.4 Å². The Bertz CT molecular complexity index is 466. The highest BCUT2D eigenvalue weighted by Crippen LogP contribution is 2.22. The van der Waals surface area contributed by atoms with Crippen LogP contribution in [0.3, 0.4) is 0 Å². The standard InChI is InChI=1S/C15H21NO4S/c1-20-14(19)16-15(13(17)18,10-11-21-2)9-8-12-6-4-3-5-7-12/h3-7H,8-11H2,1-2H3,(H,16,19)(H,17,18). The van der Waals surface area contributed by atoms with Crippen LogP contribution in [0.5, 0.6) is 0 Å². The van der Waals surface area contributed by atoms with Crippen LogP contribution in [0, 0.1) is 0 Å². The minimum atomic E-state index is -1.30. The molecule has 0 heterocycles. The van der Waals surface area contributed by atoms with Crippen molar-refractivity contribution in [2.75, 3.05) is 19.1 Å². The highest BCUT2D eigenvalue weighted by molar-refractivity contribution is 7.98. The molecule has 1 unspecified atom stereocenters. The van der Waals surface area contributed by atoms with Crippen LogP contribution in [-0.4, -0.2) is 41.8 Å². The Labute approximate surface area is 129 Å². The number of hydrogen-bond donors (Lipinski definition) is 2. The number of carboxylic acids is 1. The predicted molar refractivity (Wildman–Crippen MR) is 83.7 cm³/mol. The molecule has 6 heteroatoms. The molecule has 116 valence electrons. The van der Waals surface area contributed by atoms with Crippen LogP contribution in [0.15, 0.2) is 30.3 Å². The van der Waals surface area contributed by atoms with Gasteiger partial charge < -0.3 is 15.2 Å². The van der Waals surface area contributed by atoms with E-state index < -0.39 is 17.6 Å². The number of carbonyl (C=O) groups excluding carboxylic acids is 1. The van der Waals surface area contributed by atoms with Crippen molar-refractivity contribution in [1.82, 2.24) is 5.32 Å². The maximum absolute atomic E-state index is 11.7. The lowest BCUT2D eigenvalue weighted by atomic mass is 9.88. The molecular weight excluding hydrogens is 290 g/mol. The van der Waals surface area contributed by atoms with E-state index in [9.17, 15) is 14.7 Å². The van der Waals surface area contributed by atoms with Crippen molar-refractivity contribution < 1.29 is 19.4 Å². The van der Waals surface area contributed by atoms with Crippen LogP contribution in [0.4, 0.5) is 4.79 Å². The van der Waals surface area contributed by atoms with Crippen molar-refractivity contribution >= 4 is 23.8 Å². The zero-order valence-corrected chi connectivity index (χ0v) is 13.1. The van der Waals surface area contributed by atoms with E-state index in [0.29, 0.717) is 25.0 Å². The summed E-state index contributed by atoms with van der Waals surface area (Å²) in [5, 5.41) is 12.1. The Morgan fingerprint density at radius 2 is 1.95 bits per heavy atom. The molecule has 0 radical (unpaired) electrons. The van der Waals surface area contributed by atoms with E-state index in [0.717, 1.165) is 5.56 Å². The lowest BCUT2D eigenvalue weighted by Crippen LogP contribution is -2.55. The number of methoxy groups -OCH3 is 1. The molecule has 1 atom stereocenters. The Morgan fingerprint density at radius 3 is 2.48 bits per heavy atom. The molecule has 1 aromatic rings. The van der Waals surface area contributed by atoms with Gasteiger partial charge in [-0.3, -0.25) is 0 Å². The summed E-state index contributed by atoms with van der Waals surface area (Å²) >= 11 is 1.55. The van der Waals surface area contributed by atoms with Crippen molar-refractivity contribution in [3.8, 4) is 0 Å². The molecule has 2 N–H and O–H groups in total. The van der Waals surface area contributed by atoms with Crippen molar-refractivity contribution in [3.63, 3.8) is 0 Å². The number of alkyl carbamates (subject to hydrolysis) is 1. The van der Waals surface area contributed by atoms with Crippen LogP contribution in [0.2, 0.25) is 0 Å². The summed E-state index contributed by atoms with van der Waals surface area (Å²) < 4.78 is 4.57. The average Bonchev–Trinajstić information content (AvgIpc) is 2.50. The number of aryl methyl sites for hydroxylation is 1. The Balaban J connectivity index is 2.86. The maximum Gasteiger partial charge on any atom is 0.407 e. The average molecular weight is 311 g/mol. The molecule has 0 fully saturated rings. The third kappa shape index (κ3) is 5.30. The first-order valence-electron chi connectivity index (χ1n) is 6.66. The number of carbonyl (C=O) groups is 2. The topological polar surface area (TPSA) is 75.6 Å². The van der Waals surface area contributed by atoms with E-state index in [1.54, 1.807) is 11.8 Å². The van der Waals surface area contributed by atoms with E-state index in [-0.39, 0.29) is 0 Å². The van der Waals surface area contributed by atoms with Crippen LogP contribution in [0.25, 0.3) is 0 Å². The highest BCUT2D eigenvalue weighted by Gasteiger charge is 2.39. The SMILES string of the molecule is COC(=O)NC(CCSC)(CCc1ccccc1)C(=O)O. The van der Waals surface area contributed by atoms with Gasteiger partial charge in [0.2, 0.25) is 0 Å². The number of carboxylic acid groups (broad SMARTS) is 1. The van der Waals surface area contributed by atoms with E-state index in [1.807, 2.05) is 36.6 Å². The summed E-state index contributed by atoms with van der Waals surface area (Å²) in [6.07, 6.45) is 2.44. The van der Waals surface area contributed by atoms with Gasteiger partial charge in [0.25, 0.3) is 0 Å². The second kappa shape index (κ2) is 8.56. The highest BCUT2D eigenvalue weighted by atomic mass is 32.2. The van der Waals surface area contributed by atoms with Gasteiger partial charge in [-0.25, -0.2) is 9.59 Å². The summed E-state index contributed by atoms with van der Waals surface area (Å²) in [6.45, 7) is 0. The fourth-order valence-corrected chi connectivity index (χ4v) is 2.60. The molecule has 1 rings (SSSR count). The Hall–Kier alpha value is -1.69. The molecule has 21 heavy (non-hydrogen) atoms. The number of benzene rings is 1. The summed E-state index contributed by atoms with van der Waals surface area (Å²) in [4.78, 5) is 23.2. The summed E-state index contributed by atoms with van der Waals surface area (Å²) in [6, 6.07) is 9.62. The van der Waals surface area contributed by atoms with Gasteiger partial charge >= 0.3 is 12.1 Å². The fourth-order valence-electron chi connectivity index (χ4n) is 2.04. The molecule has 5 nitrogen and oxygen atoms in total. The number of aliphatic carboxylic acids is 1. The van der Waals surface area contributed by atoms with Gasteiger partial charge in [0.1, 0.15) is 5.54 Å². The molecule has 0 aliphatic heterocycles. The molecule has 0 aromatic heterocycles. The number of ether oxygens (including phenoxy) is 1. The van der Waals surface area contributed by atoms with Gasteiger partial charge in [-0.2, -0.15) is 11.8 Å². The molecule has 0 aliphatic rings. The van der Waals surface area contributed by atoms with E-state index >= 15 is 0 Å². The maximum atomic E-state index is 11.7. The lowest BCUT2D eigenvalue weighted by Gasteiger charge is -2.30. The van der Waals surface area contributed by atoms with Gasteiger partial charge in [-0.05, 0) is 36.8 Å². The normalized spacial score (nSPS) is 13.2. The summed E-state index contributed by atoms with van der Waals surface area (Å²) in [5.41, 5.74) is -0.259. The van der Waals surface area contributed by atoms with Crippen molar-refractivity contribution in [2.45, 2.75) is 24.8 Å². The van der Waals surface area contributed by atoms with Crippen LogP contribution >= 0.6 is 11.8 Å². The number of nitrogens with one attached hydrogen (secondary N) is 1. The Morgan fingerprint density at radius 1 is 1.29 bits per heavy atom. The number of rotatable bonds is 8. The molecule has 0 saturated carbocycles.